The zero-order valence-electron chi connectivity index (χ0n) is 18.9. The van der Waals surface area contributed by atoms with E-state index in [2.05, 4.69) is 4.84 Å². The van der Waals surface area contributed by atoms with Gasteiger partial charge in [0.05, 0.1) is 24.7 Å². The zero-order chi connectivity index (χ0) is 24.9. The number of carbonyl (C=O) groups is 2. The normalized spacial score (nSPS) is 12.4. The van der Waals surface area contributed by atoms with E-state index in [9.17, 15) is 19.7 Å². The number of nitrogens with two attached hydrogens (primary N) is 1. The monoisotopic (exact) mass is 488 g/mol. The van der Waals surface area contributed by atoms with Crippen LogP contribution in [-0.4, -0.2) is 35.2 Å². The molecule has 0 bridgehead atoms. The van der Waals surface area contributed by atoms with Crippen LogP contribution in [-0.2, 0) is 14.4 Å². The van der Waals surface area contributed by atoms with Crippen molar-refractivity contribution in [3.63, 3.8) is 0 Å². The molecule has 0 heterocycles. The number of nitrogens with zero attached hydrogens (tertiary/aromatic N) is 1. The van der Waals surface area contributed by atoms with Crippen molar-refractivity contribution in [3.05, 3.63) is 75.3 Å². The number of rotatable bonds is 10. The lowest BCUT2D eigenvalue weighted by molar-refractivity contribution is -0.757. The standard InChI is InChI=1S/C15H13NO2S.C9H15NO5/c1-10-4-2-3-5-13(10)15(17)18-12-8-6-11(7-9-12)14(16)19;11-9(8-4-3-5-8)14-6-1-2-7-15-10(12)13/h2-9H,1H3,(H2,16,19);8H,1-7H2. The van der Waals surface area contributed by atoms with Crippen molar-refractivity contribution in [1.82, 2.24) is 0 Å². The van der Waals surface area contributed by atoms with Crippen LogP contribution in [0.1, 0.15) is 53.6 Å². The molecule has 1 aliphatic rings. The molecule has 1 aliphatic carbocycles. The third kappa shape index (κ3) is 9.14. The largest absolute Gasteiger partial charge is 0.465 e. The highest BCUT2D eigenvalue weighted by Crippen LogP contribution is 2.27. The Morgan fingerprint density at radius 2 is 1.74 bits per heavy atom. The molecule has 2 aromatic carbocycles. The summed E-state index contributed by atoms with van der Waals surface area (Å²) in [6.07, 6.45) is 4.11. The lowest BCUT2D eigenvalue weighted by atomic mass is 9.86. The molecule has 1 fully saturated rings. The molecule has 2 aromatic rings. The van der Waals surface area contributed by atoms with E-state index >= 15 is 0 Å². The smallest absolute Gasteiger partial charge is 0.343 e. The number of esters is 2. The van der Waals surface area contributed by atoms with Gasteiger partial charge in [-0.25, -0.2) is 4.79 Å². The molecule has 0 aromatic heterocycles. The van der Waals surface area contributed by atoms with Gasteiger partial charge in [0.2, 0.25) is 0 Å². The van der Waals surface area contributed by atoms with Crippen molar-refractivity contribution < 1.29 is 29.0 Å². The summed E-state index contributed by atoms with van der Waals surface area (Å²) in [5.41, 5.74) is 7.68. The molecule has 0 spiro atoms. The van der Waals surface area contributed by atoms with E-state index in [4.69, 9.17) is 27.4 Å². The van der Waals surface area contributed by atoms with Crippen LogP contribution in [0.15, 0.2) is 48.5 Å². The Morgan fingerprint density at radius 1 is 1.09 bits per heavy atom. The van der Waals surface area contributed by atoms with E-state index in [0.717, 1.165) is 30.4 Å². The lowest BCUT2D eigenvalue weighted by Gasteiger charge is -2.22. The minimum absolute atomic E-state index is 0.0635. The summed E-state index contributed by atoms with van der Waals surface area (Å²) in [4.78, 5) is 37.4. The molecular formula is C24H28N2O7S. The second-order valence-corrected chi connectivity index (χ2v) is 8.09. The summed E-state index contributed by atoms with van der Waals surface area (Å²) in [6.45, 7) is 2.26. The molecule has 0 amide bonds. The molecule has 34 heavy (non-hydrogen) atoms. The van der Waals surface area contributed by atoms with E-state index in [1.165, 1.54) is 0 Å². The average molecular weight is 489 g/mol. The quantitative estimate of drug-likeness (QED) is 0.131. The maximum atomic E-state index is 12.0. The van der Waals surface area contributed by atoms with Gasteiger partial charge in [-0.2, -0.15) is 0 Å². The fraction of sp³-hybridized carbons (Fsp3) is 0.375. The number of ether oxygens (including phenoxy) is 2. The summed E-state index contributed by atoms with van der Waals surface area (Å²) in [6, 6.07) is 14.1. The second kappa shape index (κ2) is 13.9. The van der Waals surface area contributed by atoms with Gasteiger partial charge in [-0.05, 0) is 68.5 Å². The predicted octanol–water partition coefficient (Wildman–Crippen LogP) is 4.17. The minimum atomic E-state index is -0.819. The van der Waals surface area contributed by atoms with E-state index < -0.39 is 5.09 Å². The molecule has 0 aliphatic heterocycles. The molecule has 3 rings (SSSR count). The Bertz CT molecular complexity index is 991. The molecule has 10 heteroatoms. The van der Waals surface area contributed by atoms with Crippen LogP contribution in [0.5, 0.6) is 5.75 Å². The molecular weight excluding hydrogens is 460 g/mol. The molecule has 2 N–H and O–H groups in total. The molecule has 182 valence electrons. The third-order valence-corrected chi connectivity index (χ3v) is 5.37. The molecule has 0 radical (unpaired) electrons. The zero-order valence-corrected chi connectivity index (χ0v) is 19.8. The fourth-order valence-electron chi connectivity index (χ4n) is 2.93. The summed E-state index contributed by atoms with van der Waals surface area (Å²) in [5.74, 6) is 0.0610. The van der Waals surface area contributed by atoms with Crippen molar-refractivity contribution in [1.29, 1.82) is 0 Å². The molecule has 0 atom stereocenters. The topological polar surface area (TPSA) is 131 Å². The van der Waals surface area contributed by atoms with Gasteiger partial charge in [-0.3, -0.25) is 4.79 Å². The summed E-state index contributed by atoms with van der Waals surface area (Å²) in [7, 11) is 0. The van der Waals surface area contributed by atoms with E-state index in [-0.39, 0.29) is 24.5 Å². The number of benzene rings is 2. The minimum Gasteiger partial charge on any atom is -0.465 e. The fourth-order valence-corrected chi connectivity index (χ4v) is 3.07. The predicted molar refractivity (Wildman–Crippen MR) is 129 cm³/mol. The number of unbranched alkanes of at least 4 members (excludes halogenated alkanes) is 1. The first kappa shape index (κ1) is 26.7. The van der Waals surface area contributed by atoms with Crippen LogP contribution in [0.4, 0.5) is 0 Å². The summed E-state index contributed by atoms with van der Waals surface area (Å²) >= 11 is 4.86. The van der Waals surface area contributed by atoms with Gasteiger partial charge >= 0.3 is 11.9 Å². The first-order valence-corrected chi connectivity index (χ1v) is 11.3. The van der Waals surface area contributed by atoms with Gasteiger partial charge < -0.3 is 20.0 Å². The van der Waals surface area contributed by atoms with Crippen molar-refractivity contribution >= 4 is 29.1 Å². The number of hydrogen-bond acceptors (Lipinski definition) is 8. The Kier molecular flexibility index (Phi) is 10.9. The van der Waals surface area contributed by atoms with Gasteiger partial charge in [-0.1, -0.05) is 36.8 Å². The maximum absolute atomic E-state index is 12.0. The Hall–Kier alpha value is -3.53. The van der Waals surface area contributed by atoms with Crippen LogP contribution in [0.3, 0.4) is 0 Å². The van der Waals surface area contributed by atoms with Crippen LogP contribution in [0, 0.1) is 23.0 Å². The van der Waals surface area contributed by atoms with Crippen LogP contribution in [0.25, 0.3) is 0 Å². The highest BCUT2D eigenvalue weighted by molar-refractivity contribution is 7.80. The average Bonchev–Trinajstić information content (AvgIpc) is 2.76. The van der Waals surface area contributed by atoms with E-state index in [1.54, 1.807) is 36.4 Å². The first-order chi connectivity index (χ1) is 16.3. The van der Waals surface area contributed by atoms with Crippen molar-refractivity contribution in [2.45, 2.75) is 39.0 Å². The highest BCUT2D eigenvalue weighted by atomic mass is 32.1. The lowest BCUT2D eigenvalue weighted by Crippen LogP contribution is -2.24. The molecule has 1 saturated carbocycles. The number of carbonyl (C=O) groups excluding carboxylic acids is 2. The number of hydrogen-bond donors (Lipinski definition) is 1. The Morgan fingerprint density at radius 3 is 2.29 bits per heavy atom. The van der Waals surface area contributed by atoms with Crippen LogP contribution < -0.4 is 10.5 Å². The molecule has 9 nitrogen and oxygen atoms in total. The molecule has 0 unspecified atom stereocenters. The van der Waals surface area contributed by atoms with Crippen molar-refractivity contribution in [2.24, 2.45) is 11.7 Å². The Balaban J connectivity index is 0.000000248. The molecule has 0 saturated heterocycles. The van der Waals surface area contributed by atoms with Crippen LogP contribution in [0.2, 0.25) is 0 Å². The van der Waals surface area contributed by atoms with E-state index in [0.29, 0.717) is 35.7 Å². The first-order valence-electron chi connectivity index (χ1n) is 10.9. The SMILES string of the molecule is Cc1ccccc1C(=O)Oc1ccc(C(N)=S)cc1.O=C(OCCCCO[N+](=O)[O-])C1CCC1. The van der Waals surface area contributed by atoms with Crippen molar-refractivity contribution in [3.8, 4) is 5.75 Å². The second-order valence-electron chi connectivity index (χ2n) is 7.65. The van der Waals surface area contributed by atoms with Gasteiger partial charge in [0.25, 0.3) is 5.09 Å². The van der Waals surface area contributed by atoms with E-state index in [1.807, 2.05) is 19.1 Å². The Labute approximate surface area is 203 Å². The summed E-state index contributed by atoms with van der Waals surface area (Å²) < 4.78 is 10.3. The number of aryl methyl sites for hydroxylation is 1. The maximum Gasteiger partial charge on any atom is 0.343 e. The van der Waals surface area contributed by atoms with Crippen LogP contribution >= 0.6 is 12.2 Å². The summed E-state index contributed by atoms with van der Waals surface area (Å²) in [5, 5.41) is 8.95. The number of thiocarbonyl (C=S) groups is 1. The van der Waals surface area contributed by atoms with Crippen molar-refractivity contribution in [2.75, 3.05) is 13.2 Å². The van der Waals surface area contributed by atoms with Gasteiger partial charge in [-0.15, -0.1) is 10.1 Å². The van der Waals surface area contributed by atoms with Gasteiger partial charge in [0.15, 0.2) is 0 Å². The van der Waals surface area contributed by atoms with Gasteiger partial charge in [0, 0.05) is 5.56 Å². The van der Waals surface area contributed by atoms with Gasteiger partial charge in [0.1, 0.15) is 10.7 Å². The highest BCUT2D eigenvalue weighted by Gasteiger charge is 2.26. The third-order valence-electron chi connectivity index (χ3n) is 5.13.